The van der Waals surface area contributed by atoms with Crippen LogP contribution in [0.1, 0.15) is 39.0 Å². The van der Waals surface area contributed by atoms with Crippen LogP contribution in [0.25, 0.3) is 10.2 Å². The number of aromatic amines is 1. The molecule has 4 aromatic rings. The molecule has 0 radical (unpaired) electrons. The van der Waals surface area contributed by atoms with Gasteiger partial charge in [-0.25, -0.2) is 14.4 Å². The van der Waals surface area contributed by atoms with Gasteiger partial charge in [0.25, 0.3) is 0 Å². The second-order valence-electron chi connectivity index (χ2n) is 6.18. The number of H-pyrrole nitrogens is 1. The lowest BCUT2D eigenvalue weighted by Gasteiger charge is -2.32. The van der Waals surface area contributed by atoms with Crippen LogP contribution in [0.2, 0.25) is 0 Å². The molecule has 1 atom stereocenters. The van der Waals surface area contributed by atoms with Crippen LogP contribution in [0.15, 0.2) is 28.9 Å². The van der Waals surface area contributed by atoms with Gasteiger partial charge in [0.05, 0.1) is 16.7 Å². The standard InChI is InChI=1S/C17H13FN6O2S/c1-8-22-23-15(26-8)17(25)24-6-5-10-13(20-7-19-10)14(24)16-21-12-9(18)3-2-4-11(12)27-16/h2-4,7,14H,5-6H2,1H3,(H,19,20)/t14-/m0/s1. The molecular formula is C17H13FN6O2S. The monoisotopic (exact) mass is 384 g/mol. The minimum absolute atomic E-state index is 0.0798. The number of fused-ring (bicyclic) bond motifs is 2. The van der Waals surface area contributed by atoms with Crippen LogP contribution in [-0.2, 0) is 6.42 Å². The summed E-state index contributed by atoms with van der Waals surface area (Å²) < 4.78 is 20.2. The molecule has 0 fully saturated rings. The number of hydrogen-bond donors (Lipinski definition) is 1. The second-order valence-corrected chi connectivity index (χ2v) is 7.24. The molecule has 136 valence electrons. The van der Waals surface area contributed by atoms with Gasteiger partial charge in [0, 0.05) is 25.6 Å². The number of halogens is 1. The van der Waals surface area contributed by atoms with Crippen LogP contribution >= 0.6 is 11.3 Å². The predicted molar refractivity (Wildman–Crippen MR) is 93.8 cm³/mol. The van der Waals surface area contributed by atoms with Gasteiger partial charge in [-0.05, 0) is 12.1 Å². The van der Waals surface area contributed by atoms with E-state index in [1.54, 1.807) is 30.3 Å². The van der Waals surface area contributed by atoms with Crippen molar-refractivity contribution in [3.05, 3.63) is 58.5 Å². The lowest BCUT2D eigenvalue weighted by Crippen LogP contribution is -2.41. The van der Waals surface area contributed by atoms with Crippen molar-refractivity contribution in [3.8, 4) is 0 Å². The molecule has 1 amide bonds. The Hall–Kier alpha value is -3.14. The second kappa shape index (κ2) is 5.95. The molecule has 1 aromatic carbocycles. The number of hydrogen-bond acceptors (Lipinski definition) is 7. The van der Waals surface area contributed by atoms with Crippen molar-refractivity contribution < 1.29 is 13.6 Å². The smallest absolute Gasteiger partial charge is 0.312 e. The van der Waals surface area contributed by atoms with Crippen LogP contribution in [0.4, 0.5) is 4.39 Å². The molecule has 0 unspecified atom stereocenters. The van der Waals surface area contributed by atoms with E-state index >= 15 is 0 Å². The number of carbonyl (C=O) groups excluding carboxylic acids is 1. The van der Waals surface area contributed by atoms with E-state index in [1.807, 2.05) is 0 Å². The maximum atomic E-state index is 14.1. The third-order valence-corrected chi connectivity index (χ3v) is 5.59. The van der Waals surface area contributed by atoms with Crippen molar-refractivity contribution >= 4 is 27.5 Å². The van der Waals surface area contributed by atoms with Crippen molar-refractivity contribution in [1.82, 2.24) is 30.0 Å². The molecule has 1 aliphatic rings. The third-order valence-electron chi connectivity index (χ3n) is 4.52. The molecular weight excluding hydrogens is 371 g/mol. The zero-order chi connectivity index (χ0) is 18.5. The fourth-order valence-corrected chi connectivity index (χ4v) is 4.40. The average molecular weight is 384 g/mol. The highest BCUT2D eigenvalue weighted by Crippen LogP contribution is 2.38. The first-order chi connectivity index (χ1) is 13.1. The summed E-state index contributed by atoms with van der Waals surface area (Å²) in [5.74, 6) is -0.550. The van der Waals surface area contributed by atoms with Gasteiger partial charge in [-0.2, -0.15) is 0 Å². The molecule has 0 saturated carbocycles. The summed E-state index contributed by atoms with van der Waals surface area (Å²) in [5, 5.41) is 8.16. The molecule has 0 aliphatic carbocycles. The van der Waals surface area contributed by atoms with E-state index < -0.39 is 17.8 Å². The number of carbonyl (C=O) groups is 1. The molecule has 4 heterocycles. The molecule has 27 heavy (non-hydrogen) atoms. The Morgan fingerprint density at radius 3 is 3.07 bits per heavy atom. The van der Waals surface area contributed by atoms with Crippen LogP contribution < -0.4 is 0 Å². The molecule has 1 N–H and O–H groups in total. The Morgan fingerprint density at radius 2 is 2.30 bits per heavy atom. The number of aryl methyl sites for hydroxylation is 1. The van der Waals surface area contributed by atoms with Crippen LogP contribution in [0.3, 0.4) is 0 Å². The fraction of sp³-hybridized carbons (Fsp3) is 0.235. The van der Waals surface area contributed by atoms with Crippen molar-refractivity contribution in [1.29, 1.82) is 0 Å². The molecule has 10 heteroatoms. The molecule has 0 saturated heterocycles. The van der Waals surface area contributed by atoms with E-state index in [2.05, 4.69) is 25.1 Å². The number of nitrogens with zero attached hydrogens (tertiary/aromatic N) is 5. The summed E-state index contributed by atoms with van der Waals surface area (Å²) in [5.41, 5.74) is 1.93. The van der Waals surface area contributed by atoms with Gasteiger partial charge in [0.15, 0.2) is 0 Å². The lowest BCUT2D eigenvalue weighted by molar-refractivity contribution is 0.0648. The number of thiazole rings is 1. The Kier molecular flexibility index (Phi) is 3.54. The SMILES string of the molecule is Cc1nnc(C(=O)N2CCc3[nH]cnc3[C@H]2c2nc3c(F)cccc3s2)o1. The maximum Gasteiger partial charge on any atom is 0.312 e. The van der Waals surface area contributed by atoms with Gasteiger partial charge < -0.3 is 14.3 Å². The predicted octanol–water partition coefficient (Wildman–Crippen LogP) is 2.64. The molecule has 5 rings (SSSR count). The van der Waals surface area contributed by atoms with E-state index in [1.165, 1.54) is 17.4 Å². The third kappa shape index (κ3) is 2.52. The first-order valence-electron chi connectivity index (χ1n) is 8.30. The Labute approximate surface area is 156 Å². The summed E-state index contributed by atoms with van der Waals surface area (Å²) in [4.78, 5) is 26.6. The highest BCUT2D eigenvalue weighted by molar-refractivity contribution is 7.18. The average Bonchev–Trinajstić information content (AvgIpc) is 3.39. The Morgan fingerprint density at radius 1 is 1.41 bits per heavy atom. The van der Waals surface area contributed by atoms with Crippen molar-refractivity contribution in [2.24, 2.45) is 0 Å². The van der Waals surface area contributed by atoms with Gasteiger partial charge in [-0.1, -0.05) is 6.07 Å². The zero-order valence-corrected chi connectivity index (χ0v) is 15.0. The minimum atomic E-state index is -0.545. The lowest BCUT2D eigenvalue weighted by atomic mass is 10.0. The van der Waals surface area contributed by atoms with Gasteiger partial charge in [0.1, 0.15) is 22.4 Å². The number of aromatic nitrogens is 5. The van der Waals surface area contributed by atoms with Crippen LogP contribution in [0.5, 0.6) is 0 Å². The largest absolute Gasteiger partial charge is 0.417 e. The van der Waals surface area contributed by atoms with E-state index in [0.29, 0.717) is 39.8 Å². The fourth-order valence-electron chi connectivity index (χ4n) is 3.30. The maximum absolute atomic E-state index is 14.1. The van der Waals surface area contributed by atoms with Crippen LogP contribution in [-0.4, -0.2) is 42.5 Å². The van der Waals surface area contributed by atoms with E-state index in [0.717, 1.165) is 5.69 Å². The highest BCUT2D eigenvalue weighted by atomic mass is 32.1. The summed E-state index contributed by atoms with van der Waals surface area (Å²) in [6.45, 7) is 2.05. The Bertz CT molecular complexity index is 1170. The topological polar surface area (TPSA) is 101 Å². The number of rotatable bonds is 2. The summed E-state index contributed by atoms with van der Waals surface area (Å²) in [7, 11) is 0. The van der Waals surface area contributed by atoms with Crippen molar-refractivity contribution in [3.63, 3.8) is 0 Å². The first kappa shape index (κ1) is 16.1. The number of benzene rings is 1. The number of amides is 1. The first-order valence-corrected chi connectivity index (χ1v) is 9.11. The summed E-state index contributed by atoms with van der Waals surface area (Å²) in [6.07, 6.45) is 2.21. The molecule has 0 spiro atoms. The van der Waals surface area contributed by atoms with Crippen molar-refractivity contribution in [2.75, 3.05) is 6.54 Å². The zero-order valence-electron chi connectivity index (χ0n) is 14.1. The summed E-state index contributed by atoms with van der Waals surface area (Å²) >= 11 is 1.34. The van der Waals surface area contributed by atoms with Gasteiger partial charge in [0.2, 0.25) is 5.89 Å². The van der Waals surface area contributed by atoms with Gasteiger partial charge in [-0.15, -0.1) is 21.5 Å². The molecule has 3 aromatic heterocycles. The van der Waals surface area contributed by atoms with Gasteiger partial charge >= 0.3 is 11.8 Å². The highest BCUT2D eigenvalue weighted by Gasteiger charge is 2.38. The molecule has 1 aliphatic heterocycles. The van der Waals surface area contributed by atoms with Crippen LogP contribution in [0, 0.1) is 12.7 Å². The van der Waals surface area contributed by atoms with Crippen molar-refractivity contribution in [2.45, 2.75) is 19.4 Å². The van der Waals surface area contributed by atoms with Gasteiger partial charge in [-0.3, -0.25) is 4.79 Å². The normalized spacial score (nSPS) is 16.7. The minimum Gasteiger partial charge on any atom is -0.417 e. The summed E-state index contributed by atoms with van der Waals surface area (Å²) in [6, 6.07) is 4.28. The number of nitrogens with one attached hydrogen (secondary N) is 1. The van der Waals surface area contributed by atoms with E-state index in [4.69, 9.17) is 4.42 Å². The van der Waals surface area contributed by atoms with E-state index in [9.17, 15) is 9.18 Å². The van der Waals surface area contributed by atoms with E-state index in [-0.39, 0.29) is 5.89 Å². The molecule has 8 nitrogen and oxygen atoms in total. The number of imidazole rings is 1. The molecule has 0 bridgehead atoms. The quantitative estimate of drug-likeness (QED) is 0.570. The Balaban J connectivity index is 1.64. The number of para-hydroxylation sites is 1.